The van der Waals surface area contributed by atoms with Gasteiger partial charge in [0.15, 0.2) is 0 Å². The highest BCUT2D eigenvalue weighted by Crippen LogP contribution is 2.42. The Hall–Kier alpha value is -2.93. The van der Waals surface area contributed by atoms with Crippen molar-refractivity contribution < 1.29 is 18.7 Å². The number of piperidine rings is 2. The van der Waals surface area contributed by atoms with Crippen LogP contribution in [0.1, 0.15) is 78.9 Å². The molecular formula is C32H42FN3O3. The average molecular weight is 536 g/mol. The van der Waals surface area contributed by atoms with Gasteiger partial charge in [-0.2, -0.15) is 0 Å². The maximum atomic E-state index is 14.4. The third-order valence-corrected chi connectivity index (χ3v) is 9.25. The molecule has 3 aliphatic rings. The highest BCUT2D eigenvalue weighted by molar-refractivity contribution is 5.97. The Morgan fingerprint density at radius 2 is 1.67 bits per heavy atom. The molecule has 1 spiro atoms. The van der Waals surface area contributed by atoms with Gasteiger partial charge in [-0.05, 0) is 50.3 Å². The fourth-order valence-electron chi connectivity index (χ4n) is 6.96. The first-order valence-electron chi connectivity index (χ1n) is 14.7. The van der Waals surface area contributed by atoms with Crippen LogP contribution in [0.4, 0.5) is 9.18 Å². The smallest absolute Gasteiger partial charge is 0.411 e. The van der Waals surface area contributed by atoms with Crippen LogP contribution in [0, 0.1) is 19.7 Å². The number of rotatable bonds is 7. The van der Waals surface area contributed by atoms with E-state index in [-0.39, 0.29) is 30.4 Å². The van der Waals surface area contributed by atoms with Crippen LogP contribution in [0.25, 0.3) is 0 Å². The van der Waals surface area contributed by atoms with Crippen molar-refractivity contribution in [3.63, 3.8) is 0 Å². The molecule has 0 radical (unpaired) electrons. The minimum atomic E-state index is -0.507. The first-order valence-corrected chi connectivity index (χ1v) is 14.7. The summed E-state index contributed by atoms with van der Waals surface area (Å²) in [5, 5.41) is 0. The highest BCUT2D eigenvalue weighted by Gasteiger charge is 2.54. The van der Waals surface area contributed by atoms with Crippen LogP contribution in [0.3, 0.4) is 0 Å². The van der Waals surface area contributed by atoms with Gasteiger partial charge < -0.3 is 9.64 Å². The zero-order valence-electron chi connectivity index (χ0n) is 23.6. The Morgan fingerprint density at radius 3 is 2.31 bits per heavy atom. The molecule has 2 aromatic carbocycles. The van der Waals surface area contributed by atoms with Crippen LogP contribution < -0.4 is 0 Å². The Kier molecular flexibility index (Phi) is 8.27. The van der Waals surface area contributed by atoms with E-state index in [2.05, 4.69) is 11.8 Å². The quantitative estimate of drug-likeness (QED) is 0.430. The van der Waals surface area contributed by atoms with Crippen LogP contribution in [0.5, 0.6) is 0 Å². The van der Waals surface area contributed by atoms with E-state index in [1.165, 1.54) is 6.07 Å². The topological polar surface area (TPSA) is 53.1 Å². The summed E-state index contributed by atoms with van der Waals surface area (Å²) in [5.74, 6) is -0.133. The molecule has 3 heterocycles. The number of likely N-dealkylation sites (tertiary alicyclic amines) is 2. The van der Waals surface area contributed by atoms with E-state index in [1.807, 2.05) is 43.0 Å². The van der Waals surface area contributed by atoms with Gasteiger partial charge in [-0.25, -0.2) is 9.18 Å². The molecule has 1 unspecified atom stereocenters. The summed E-state index contributed by atoms with van der Waals surface area (Å²) in [6, 6.07) is 13.1. The molecule has 3 fully saturated rings. The molecule has 3 aliphatic heterocycles. The van der Waals surface area contributed by atoms with Gasteiger partial charge in [0, 0.05) is 56.2 Å². The highest BCUT2D eigenvalue weighted by atomic mass is 19.1. The standard InChI is InChI=1S/C32H42FN3O3/c1-4-5-13-28-32(39-31(38)36(28)22-25-11-6-7-12-27(25)33)16-20-34(21-17-32)26-14-18-35(19-15-26)30(37)29-23(2)9-8-10-24(29)3/h6-12,26,28H,4-5,13-22H2,1-3H3. The number of benzene rings is 2. The van der Waals surface area contributed by atoms with Crippen LogP contribution in [-0.2, 0) is 11.3 Å². The van der Waals surface area contributed by atoms with Gasteiger partial charge in [-0.15, -0.1) is 0 Å². The number of carbonyl (C=O) groups excluding carboxylic acids is 2. The zero-order chi connectivity index (χ0) is 27.6. The summed E-state index contributed by atoms with van der Waals surface area (Å²) in [5.41, 5.74) is 2.95. The number of halogens is 1. The van der Waals surface area contributed by atoms with Crippen molar-refractivity contribution >= 4 is 12.0 Å². The van der Waals surface area contributed by atoms with Crippen LogP contribution >= 0.6 is 0 Å². The van der Waals surface area contributed by atoms with Gasteiger partial charge in [0.2, 0.25) is 0 Å². The Morgan fingerprint density at radius 1 is 1.00 bits per heavy atom. The average Bonchev–Trinajstić information content (AvgIpc) is 3.18. The summed E-state index contributed by atoms with van der Waals surface area (Å²) >= 11 is 0. The van der Waals surface area contributed by atoms with Gasteiger partial charge in [0.25, 0.3) is 5.91 Å². The maximum Gasteiger partial charge on any atom is 0.411 e. The molecule has 0 bridgehead atoms. The van der Waals surface area contributed by atoms with Crippen LogP contribution in [0.15, 0.2) is 42.5 Å². The molecular weight excluding hydrogens is 493 g/mol. The SMILES string of the molecule is CCCCC1N(Cc2ccccc2F)C(=O)OC12CCN(C1CCN(C(=O)c3c(C)cccc3C)CC1)CC2. The van der Waals surface area contributed by atoms with Gasteiger partial charge >= 0.3 is 6.09 Å². The van der Waals surface area contributed by atoms with Crippen molar-refractivity contribution in [3.05, 3.63) is 70.5 Å². The van der Waals surface area contributed by atoms with Gasteiger partial charge in [-0.3, -0.25) is 14.6 Å². The van der Waals surface area contributed by atoms with E-state index in [1.54, 1.807) is 17.0 Å². The molecule has 0 aromatic heterocycles. The predicted octanol–water partition coefficient (Wildman–Crippen LogP) is 6.09. The number of aryl methyl sites for hydroxylation is 2. The lowest BCUT2D eigenvalue weighted by molar-refractivity contribution is -0.0383. The molecule has 5 rings (SSSR count). The first kappa shape index (κ1) is 27.6. The van der Waals surface area contributed by atoms with E-state index in [9.17, 15) is 14.0 Å². The van der Waals surface area contributed by atoms with E-state index in [0.29, 0.717) is 11.6 Å². The van der Waals surface area contributed by atoms with Crippen molar-refractivity contribution in [2.75, 3.05) is 26.2 Å². The van der Waals surface area contributed by atoms with Gasteiger partial charge in [0.05, 0.1) is 12.6 Å². The maximum absolute atomic E-state index is 14.4. The van der Waals surface area contributed by atoms with Crippen molar-refractivity contribution in [1.82, 2.24) is 14.7 Å². The molecule has 2 amide bonds. The summed E-state index contributed by atoms with van der Waals surface area (Å²) in [4.78, 5) is 32.7. The fraction of sp³-hybridized carbons (Fsp3) is 0.562. The van der Waals surface area contributed by atoms with E-state index >= 15 is 0 Å². The van der Waals surface area contributed by atoms with E-state index in [0.717, 1.165) is 87.8 Å². The second kappa shape index (κ2) is 11.7. The number of hydrogen-bond donors (Lipinski definition) is 0. The van der Waals surface area contributed by atoms with Crippen molar-refractivity contribution in [1.29, 1.82) is 0 Å². The molecule has 7 heteroatoms. The summed E-state index contributed by atoms with van der Waals surface area (Å²) in [6.07, 6.45) is 6.11. The van der Waals surface area contributed by atoms with Crippen LogP contribution in [-0.4, -0.2) is 70.6 Å². The zero-order valence-corrected chi connectivity index (χ0v) is 23.6. The molecule has 39 heavy (non-hydrogen) atoms. The predicted molar refractivity (Wildman–Crippen MR) is 150 cm³/mol. The molecule has 0 aliphatic carbocycles. The number of hydrogen-bond acceptors (Lipinski definition) is 4. The van der Waals surface area contributed by atoms with Gasteiger partial charge in [-0.1, -0.05) is 56.2 Å². The van der Waals surface area contributed by atoms with Crippen molar-refractivity contribution in [3.8, 4) is 0 Å². The lowest BCUT2D eigenvalue weighted by Gasteiger charge is -2.46. The van der Waals surface area contributed by atoms with Crippen molar-refractivity contribution in [2.45, 2.75) is 89.9 Å². The number of ether oxygens (including phenoxy) is 1. The lowest BCUT2D eigenvalue weighted by Crippen LogP contribution is -2.56. The summed E-state index contributed by atoms with van der Waals surface area (Å²) in [7, 11) is 0. The number of amides is 2. The van der Waals surface area contributed by atoms with E-state index < -0.39 is 5.60 Å². The second-order valence-electron chi connectivity index (χ2n) is 11.6. The molecule has 0 saturated carbocycles. The molecule has 2 aromatic rings. The third-order valence-electron chi connectivity index (χ3n) is 9.25. The molecule has 210 valence electrons. The molecule has 0 N–H and O–H groups in total. The number of nitrogens with zero attached hydrogens (tertiary/aromatic N) is 3. The Bertz CT molecular complexity index is 1160. The third kappa shape index (κ3) is 5.56. The lowest BCUT2D eigenvalue weighted by atomic mass is 9.81. The van der Waals surface area contributed by atoms with E-state index in [4.69, 9.17) is 4.74 Å². The molecule has 6 nitrogen and oxygen atoms in total. The first-order chi connectivity index (χ1) is 18.8. The largest absolute Gasteiger partial charge is 0.440 e. The molecule has 1 atom stereocenters. The summed E-state index contributed by atoms with van der Waals surface area (Å²) < 4.78 is 20.6. The normalized spacial score (nSPS) is 21.9. The summed E-state index contributed by atoms with van der Waals surface area (Å²) in [6.45, 7) is 9.71. The number of unbranched alkanes of at least 4 members (excludes halogenated alkanes) is 1. The van der Waals surface area contributed by atoms with Crippen molar-refractivity contribution in [2.24, 2.45) is 0 Å². The Labute approximate surface area is 232 Å². The molecule has 3 saturated heterocycles. The Balaban J connectivity index is 1.21. The minimum Gasteiger partial charge on any atom is -0.440 e. The van der Waals surface area contributed by atoms with Crippen LogP contribution in [0.2, 0.25) is 0 Å². The second-order valence-corrected chi connectivity index (χ2v) is 11.6. The minimum absolute atomic E-state index is 0.0384. The monoisotopic (exact) mass is 535 g/mol. The number of carbonyl (C=O) groups is 2. The fourth-order valence-corrected chi connectivity index (χ4v) is 6.96. The van der Waals surface area contributed by atoms with Gasteiger partial charge in [0.1, 0.15) is 11.4 Å².